The Balaban J connectivity index is 1.86. The number of benzene rings is 1. The maximum atomic E-state index is 14.4. The van der Waals surface area contributed by atoms with E-state index >= 15 is 0 Å². The van der Waals surface area contributed by atoms with Gasteiger partial charge in [0.15, 0.2) is 11.6 Å². The number of Topliss-reactive ketones (excluding diaryl/α,β-unsaturated/α-hetero) is 2. The number of ketones is 2. The van der Waals surface area contributed by atoms with Crippen molar-refractivity contribution in [1.82, 2.24) is 4.98 Å². The predicted molar refractivity (Wildman–Crippen MR) is 137 cm³/mol. The Labute approximate surface area is 209 Å². The summed E-state index contributed by atoms with van der Waals surface area (Å²) in [6.07, 6.45) is 5.57. The smallest absolute Gasteiger partial charge is 0.184 e. The van der Waals surface area contributed by atoms with Crippen molar-refractivity contribution in [3.63, 3.8) is 0 Å². The molecule has 0 N–H and O–H groups in total. The standard InChI is InChI=1S/C30H39NO4/c1-19-23(27(33)24-11-8-9-14-31-24)18-30(5)28(2,3)12-10-13-29(30,4)25(19)26(32)20-15-21(34-6)17-22(16-20)35-7/h8-9,11,14-17,19,23,25H,10,12-13,18H2,1-7H3/t19-,23?,25-,29-,30+/m1/s1. The van der Waals surface area contributed by atoms with Gasteiger partial charge in [0.1, 0.15) is 17.2 Å². The van der Waals surface area contributed by atoms with Crippen molar-refractivity contribution in [2.24, 2.45) is 34.0 Å². The van der Waals surface area contributed by atoms with Gasteiger partial charge in [0.25, 0.3) is 0 Å². The van der Waals surface area contributed by atoms with Crippen molar-refractivity contribution >= 4 is 11.6 Å². The first-order valence-electron chi connectivity index (χ1n) is 12.7. The van der Waals surface area contributed by atoms with E-state index in [2.05, 4.69) is 39.6 Å². The minimum absolute atomic E-state index is 0.00656. The second kappa shape index (κ2) is 9.07. The fourth-order valence-corrected chi connectivity index (χ4v) is 7.36. The first-order chi connectivity index (χ1) is 16.5. The molecule has 5 atom stereocenters. The lowest BCUT2D eigenvalue weighted by Crippen LogP contribution is -2.63. The van der Waals surface area contributed by atoms with Gasteiger partial charge in [0.05, 0.1) is 14.2 Å². The molecule has 2 fully saturated rings. The van der Waals surface area contributed by atoms with Gasteiger partial charge in [-0.15, -0.1) is 0 Å². The van der Waals surface area contributed by atoms with Crippen molar-refractivity contribution in [3.8, 4) is 11.5 Å². The molecule has 1 aromatic carbocycles. The van der Waals surface area contributed by atoms with E-state index in [4.69, 9.17) is 9.47 Å². The van der Waals surface area contributed by atoms with Crippen LogP contribution in [0.1, 0.15) is 81.1 Å². The third-order valence-corrected chi connectivity index (χ3v) is 9.90. The summed E-state index contributed by atoms with van der Waals surface area (Å²) in [6.45, 7) is 11.4. The van der Waals surface area contributed by atoms with E-state index in [0.717, 1.165) is 25.7 Å². The van der Waals surface area contributed by atoms with Crippen molar-refractivity contribution in [1.29, 1.82) is 0 Å². The van der Waals surface area contributed by atoms with E-state index < -0.39 is 0 Å². The molecular weight excluding hydrogens is 438 g/mol. The highest BCUT2D eigenvalue weighted by molar-refractivity contribution is 6.01. The van der Waals surface area contributed by atoms with Crippen molar-refractivity contribution < 1.29 is 19.1 Å². The molecule has 0 spiro atoms. The lowest BCUT2D eigenvalue weighted by Gasteiger charge is -2.67. The predicted octanol–water partition coefficient (Wildman–Crippen LogP) is 6.66. The summed E-state index contributed by atoms with van der Waals surface area (Å²) in [5, 5.41) is 0. The van der Waals surface area contributed by atoms with Gasteiger partial charge >= 0.3 is 0 Å². The van der Waals surface area contributed by atoms with Crippen LogP contribution in [0.25, 0.3) is 0 Å². The molecule has 1 unspecified atom stereocenters. The SMILES string of the molecule is COc1cc(OC)cc(C(=O)[C@H]2[C@H](C)C(C(=O)c3ccccn3)C[C@@]3(C)C(C)(C)CCC[C@]23C)c1. The molecule has 2 aliphatic carbocycles. The molecule has 4 rings (SSSR count). The van der Waals surface area contributed by atoms with Crippen LogP contribution in [0.5, 0.6) is 11.5 Å². The molecule has 0 radical (unpaired) electrons. The zero-order valence-electron chi connectivity index (χ0n) is 22.2. The molecule has 2 aliphatic rings. The van der Waals surface area contributed by atoms with Crippen LogP contribution in [0.3, 0.4) is 0 Å². The van der Waals surface area contributed by atoms with Gasteiger partial charge in [-0.05, 0) is 65.7 Å². The van der Waals surface area contributed by atoms with E-state index in [1.54, 1.807) is 44.7 Å². The maximum Gasteiger partial charge on any atom is 0.184 e. The Kier molecular flexibility index (Phi) is 6.58. The average Bonchev–Trinajstić information content (AvgIpc) is 2.85. The number of hydrogen-bond acceptors (Lipinski definition) is 5. The fourth-order valence-electron chi connectivity index (χ4n) is 7.36. The molecule has 0 saturated heterocycles. The Hall–Kier alpha value is -2.69. The largest absolute Gasteiger partial charge is 0.497 e. The van der Waals surface area contributed by atoms with Gasteiger partial charge in [-0.1, -0.05) is 47.1 Å². The van der Waals surface area contributed by atoms with Crippen LogP contribution >= 0.6 is 0 Å². The van der Waals surface area contributed by atoms with E-state index in [9.17, 15) is 9.59 Å². The molecule has 5 heteroatoms. The number of methoxy groups -OCH3 is 2. The topological polar surface area (TPSA) is 65.5 Å². The molecule has 0 bridgehead atoms. The van der Waals surface area contributed by atoms with E-state index in [1.807, 2.05) is 12.1 Å². The summed E-state index contributed by atoms with van der Waals surface area (Å²) in [5.41, 5.74) is 0.620. The molecule has 0 aliphatic heterocycles. The lowest BCUT2D eigenvalue weighted by molar-refractivity contribution is -0.166. The number of hydrogen-bond donors (Lipinski definition) is 0. The minimum atomic E-state index is -0.310. The second-order valence-electron chi connectivity index (χ2n) is 11.7. The van der Waals surface area contributed by atoms with Crippen LogP contribution in [0.2, 0.25) is 0 Å². The quantitative estimate of drug-likeness (QED) is 0.435. The summed E-state index contributed by atoms with van der Waals surface area (Å²) in [4.78, 5) is 32.6. The second-order valence-corrected chi connectivity index (χ2v) is 11.7. The Bertz CT molecular complexity index is 1090. The third kappa shape index (κ3) is 3.97. The van der Waals surface area contributed by atoms with Gasteiger partial charge in [-0.2, -0.15) is 0 Å². The Morgan fingerprint density at radius 3 is 2.17 bits per heavy atom. The van der Waals surface area contributed by atoms with Gasteiger partial charge in [-0.3, -0.25) is 14.6 Å². The van der Waals surface area contributed by atoms with Crippen molar-refractivity contribution in [2.45, 2.75) is 60.3 Å². The van der Waals surface area contributed by atoms with Crippen LogP contribution in [0, 0.1) is 34.0 Å². The third-order valence-electron chi connectivity index (χ3n) is 9.90. The van der Waals surface area contributed by atoms with Crippen LogP contribution in [0.4, 0.5) is 0 Å². The lowest BCUT2D eigenvalue weighted by atomic mass is 9.37. The number of carbonyl (C=O) groups is 2. The normalized spacial score (nSPS) is 31.8. The molecule has 35 heavy (non-hydrogen) atoms. The number of rotatable bonds is 6. The number of aromatic nitrogens is 1. The van der Waals surface area contributed by atoms with Crippen molar-refractivity contribution in [3.05, 3.63) is 53.9 Å². The van der Waals surface area contributed by atoms with Crippen LogP contribution in [-0.4, -0.2) is 30.8 Å². The number of nitrogens with zero attached hydrogens (tertiary/aromatic N) is 1. The average molecular weight is 478 g/mol. The van der Waals surface area contributed by atoms with E-state index in [1.165, 1.54) is 0 Å². The highest BCUT2D eigenvalue weighted by Gasteiger charge is 2.65. The molecular formula is C30H39NO4. The van der Waals surface area contributed by atoms with Crippen molar-refractivity contribution in [2.75, 3.05) is 14.2 Å². The summed E-state index contributed by atoms with van der Waals surface area (Å²) < 4.78 is 10.9. The Morgan fingerprint density at radius 1 is 0.943 bits per heavy atom. The fraction of sp³-hybridized carbons (Fsp3) is 0.567. The van der Waals surface area contributed by atoms with Crippen LogP contribution in [-0.2, 0) is 0 Å². The number of carbonyl (C=O) groups excluding carboxylic acids is 2. The maximum absolute atomic E-state index is 14.4. The van der Waals surface area contributed by atoms with Gasteiger partial charge in [0.2, 0.25) is 0 Å². The van der Waals surface area contributed by atoms with Gasteiger partial charge < -0.3 is 9.47 Å². The summed E-state index contributed by atoms with van der Waals surface area (Å²) in [7, 11) is 3.19. The van der Waals surface area contributed by atoms with Gasteiger partial charge in [-0.25, -0.2) is 0 Å². The van der Waals surface area contributed by atoms with Crippen LogP contribution in [0.15, 0.2) is 42.6 Å². The van der Waals surface area contributed by atoms with E-state index in [-0.39, 0.29) is 45.6 Å². The zero-order valence-corrected chi connectivity index (χ0v) is 22.2. The molecule has 188 valence electrons. The number of fused-ring (bicyclic) bond motifs is 1. The molecule has 2 saturated carbocycles. The monoisotopic (exact) mass is 477 g/mol. The molecule has 5 nitrogen and oxygen atoms in total. The Morgan fingerprint density at radius 2 is 1.60 bits per heavy atom. The van der Waals surface area contributed by atoms with Gasteiger partial charge in [0, 0.05) is 29.7 Å². The molecule has 2 aromatic rings. The highest BCUT2D eigenvalue weighted by atomic mass is 16.5. The molecule has 0 amide bonds. The summed E-state index contributed by atoms with van der Waals surface area (Å²) in [5.74, 6) is 0.588. The number of ether oxygens (including phenoxy) is 2. The minimum Gasteiger partial charge on any atom is -0.497 e. The zero-order chi connectivity index (χ0) is 25.6. The first-order valence-corrected chi connectivity index (χ1v) is 12.7. The summed E-state index contributed by atoms with van der Waals surface area (Å²) >= 11 is 0. The number of pyridine rings is 1. The molecule has 1 heterocycles. The summed E-state index contributed by atoms with van der Waals surface area (Å²) in [6, 6.07) is 10.9. The first kappa shape index (κ1) is 25.4. The van der Waals surface area contributed by atoms with Crippen LogP contribution < -0.4 is 9.47 Å². The van der Waals surface area contributed by atoms with E-state index in [0.29, 0.717) is 22.8 Å². The molecule has 1 aromatic heterocycles. The highest BCUT2D eigenvalue weighted by Crippen LogP contribution is 2.70.